The van der Waals surface area contributed by atoms with Crippen molar-refractivity contribution in [1.82, 2.24) is 0 Å². The van der Waals surface area contributed by atoms with E-state index in [-0.39, 0.29) is 0 Å². The largest absolute Gasteiger partial charge is 0.404 e. The summed E-state index contributed by atoms with van der Waals surface area (Å²) in [4.78, 5) is 0. The molecular weight excluding hydrogens is 347 g/mol. The van der Waals surface area contributed by atoms with Crippen molar-refractivity contribution in [3.63, 3.8) is 0 Å². The number of hydrogen-bond acceptors (Lipinski definition) is 2. The summed E-state index contributed by atoms with van der Waals surface area (Å²) in [6.07, 6.45) is 12.7. The summed E-state index contributed by atoms with van der Waals surface area (Å²) >= 11 is 2.32. The van der Waals surface area contributed by atoms with Crippen LogP contribution in [0, 0.1) is 17.2 Å². The van der Waals surface area contributed by atoms with Crippen LogP contribution in [-0.2, 0) is 0 Å². The van der Waals surface area contributed by atoms with Crippen molar-refractivity contribution >= 4 is 28.3 Å². The molecule has 2 unspecified atom stereocenters. The van der Waals surface area contributed by atoms with Crippen molar-refractivity contribution in [3.05, 3.63) is 21.4 Å². The average Bonchev–Trinajstić information content (AvgIpc) is 3.06. The Balaban J connectivity index is 2.33. The summed E-state index contributed by atoms with van der Waals surface area (Å²) in [5.74, 6) is 1.80. The van der Waals surface area contributed by atoms with Crippen molar-refractivity contribution < 1.29 is 0 Å². The minimum Gasteiger partial charge on any atom is -0.404 e. The van der Waals surface area contributed by atoms with Crippen LogP contribution in [0.4, 0.5) is 0 Å². The summed E-state index contributed by atoms with van der Waals surface area (Å²) in [5.41, 5.74) is 7.68. The Hall–Kier alpha value is -0.320. The van der Waals surface area contributed by atoms with Gasteiger partial charge in [-0.15, -0.1) is 0 Å². The zero-order valence-corrected chi connectivity index (χ0v) is 14.4. The number of unbranched alkanes of at least 4 members (excludes halogenated alkanes) is 2. The zero-order chi connectivity index (χ0) is 14.3. The van der Waals surface area contributed by atoms with E-state index in [2.05, 4.69) is 35.6 Å². The number of nitrogens with one attached hydrogen (secondary N) is 1. The third-order valence-electron chi connectivity index (χ3n) is 3.74. The molecule has 0 heterocycles. The van der Waals surface area contributed by atoms with Crippen molar-refractivity contribution in [3.8, 4) is 0 Å². The smallest absolute Gasteiger partial charge is 0.0157 e. The lowest BCUT2D eigenvalue weighted by Gasteiger charge is -2.04. The van der Waals surface area contributed by atoms with Crippen LogP contribution in [0.1, 0.15) is 58.8 Å². The molecule has 0 radical (unpaired) electrons. The van der Waals surface area contributed by atoms with Gasteiger partial charge in [0.25, 0.3) is 0 Å². The molecule has 3 N–H and O–H groups in total. The van der Waals surface area contributed by atoms with E-state index in [1.54, 1.807) is 6.20 Å². The summed E-state index contributed by atoms with van der Waals surface area (Å²) < 4.78 is 1.21. The van der Waals surface area contributed by atoms with E-state index in [9.17, 15) is 0 Å². The highest BCUT2D eigenvalue weighted by molar-refractivity contribution is 14.1. The Morgan fingerprint density at radius 3 is 2.68 bits per heavy atom. The van der Waals surface area contributed by atoms with Crippen molar-refractivity contribution in [1.29, 1.82) is 5.41 Å². The van der Waals surface area contributed by atoms with E-state index in [0.717, 1.165) is 24.7 Å². The summed E-state index contributed by atoms with van der Waals surface area (Å²) in [6.45, 7) is 4.11. The van der Waals surface area contributed by atoms with Crippen LogP contribution in [0.3, 0.4) is 0 Å². The third-order valence-corrected chi connectivity index (χ3v) is 4.43. The first kappa shape index (κ1) is 16.7. The molecule has 2 nitrogen and oxygen atoms in total. The molecule has 0 amide bonds. The molecule has 19 heavy (non-hydrogen) atoms. The van der Waals surface area contributed by atoms with E-state index < -0.39 is 0 Å². The molecule has 1 aliphatic carbocycles. The molecule has 0 aromatic heterocycles. The second kappa shape index (κ2) is 8.77. The van der Waals surface area contributed by atoms with Crippen LogP contribution >= 0.6 is 22.6 Å². The Kier molecular flexibility index (Phi) is 7.73. The number of rotatable bonds is 9. The fourth-order valence-corrected chi connectivity index (χ4v) is 3.53. The van der Waals surface area contributed by atoms with Gasteiger partial charge in [-0.1, -0.05) is 32.6 Å². The molecule has 1 rings (SSSR count). The van der Waals surface area contributed by atoms with Crippen molar-refractivity contribution in [2.75, 3.05) is 0 Å². The number of allylic oxidation sites excluding steroid dienone is 3. The standard InChI is InChI=1S/C16H27IN2/c1-3-4-5-6-14-10-15(14)8-13(11-18)9-16(17)7-12(2)19/h9,11,14-15,19H,3-8,10,18H2,1-2H3/b13-11-,16-9+,19-12?. The van der Waals surface area contributed by atoms with Crippen LogP contribution in [0.2, 0.25) is 0 Å². The number of halogens is 1. The topological polar surface area (TPSA) is 49.9 Å². The van der Waals surface area contributed by atoms with Gasteiger partial charge in [0.2, 0.25) is 0 Å². The molecule has 0 aromatic carbocycles. The van der Waals surface area contributed by atoms with Crippen molar-refractivity contribution in [2.45, 2.75) is 58.8 Å². The van der Waals surface area contributed by atoms with Crippen molar-refractivity contribution in [2.24, 2.45) is 17.6 Å². The van der Waals surface area contributed by atoms with Gasteiger partial charge in [0, 0.05) is 12.1 Å². The molecular formula is C16H27IN2. The molecule has 1 fully saturated rings. The number of nitrogens with two attached hydrogens (primary N) is 1. The maximum atomic E-state index is 7.51. The minimum atomic E-state index is 0.709. The highest BCUT2D eigenvalue weighted by Crippen LogP contribution is 2.46. The normalized spacial score (nSPS) is 23.5. The highest BCUT2D eigenvalue weighted by atomic mass is 127. The van der Waals surface area contributed by atoms with Gasteiger partial charge in [0.05, 0.1) is 0 Å². The maximum absolute atomic E-state index is 7.51. The van der Waals surface area contributed by atoms with Gasteiger partial charge in [-0.3, -0.25) is 0 Å². The van der Waals surface area contributed by atoms with E-state index in [1.807, 2.05) is 6.92 Å². The molecule has 0 aliphatic heterocycles. The quantitative estimate of drug-likeness (QED) is 0.248. The molecule has 0 saturated heterocycles. The summed E-state index contributed by atoms with van der Waals surface area (Å²) in [6, 6.07) is 0. The lowest BCUT2D eigenvalue weighted by atomic mass is 10.0. The molecule has 108 valence electrons. The molecule has 0 aromatic rings. The van der Waals surface area contributed by atoms with Gasteiger partial charge in [0.1, 0.15) is 0 Å². The second-order valence-electron chi connectivity index (χ2n) is 5.75. The third kappa shape index (κ3) is 7.14. The van der Waals surface area contributed by atoms with E-state index in [4.69, 9.17) is 11.1 Å². The number of hydrogen-bond donors (Lipinski definition) is 2. The van der Waals surface area contributed by atoms with Crippen LogP contribution in [0.15, 0.2) is 21.4 Å². The maximum Gasteiger partial charge on any atom is 0.0157 e. The summed E-state index contributed by atoms with van der Waals surface area (Å²) in [7, 11) is 0. The van der Waals surface area contributed by atoms with Gasteiger partial charge in [-0.05, 0) is 75.6 Å². The van der Waals surface area contributed by atoms with Gasteiger partial charge in [-0.2, -0.15) is 0 Å². The van der Waals surface area contributed by atoms with E-state index >= 15 is 0 Å². The minimum absolute atomic E-state index is 0.709. The first-order valence-electron chi connectivity index (χ1n) is 7.37. The predicted octanol–water partition coefficient (Wildman–Crippen LogP) is 5.18. The van der Waals surface area contributed by atoms with Gasteiger partial charge in [-0.25, -0.2) is 0 Å². The average molecular weight is 374 g/mol. The van der Waals surface area contributed by atoms with Gasteiger partial charge >= 0.3 is 0 Å². The zero-order valence-electron chi connectivity index (χ0n) is 12.2. The van der Waals surface area contributed by atoms with E-state index in [1.165, 1.54) is 41.3 Å². The molecule has 0 bridgehead atoms. The lowest BCUT2D eigenvalue weighted by molar-refractivity contribution is 0.580. The first-order chi connectivity index (χ1) is 9.06. The van der Waals surface area contributed by atoms with Crippen LogP contribution in [-0.4, -0.2) is 5.71 Å². The second-order valence-corrected chi connectivity index (χ2v) is 7.13. The highest BCUT2D eigenvalue weighted by Gasteiger charge is 2.35. The lowest BCUT2D eigenvalue weighted by Crippen LogP contribution is -1.93. The van der Waals surface area contributed by atoms with Gasteiger partial charge < -0.3 is 11.1 Å². The molecule has 2 atom stereocenters. The SMILES string of the molecule is CCCCCC1CC1CC(=C/N)/C=C(/I)CC(C)=N. The summed E-state index contributed by atoms with van der Waals surface area (Å²) in [5, 5.41) is 7.51. The van der Waals surface area contributed by atoms with Crippen LogP contribution in [0.5, 0.6) is 0 Å². The molecule has 1 saturated carbocycles. The predicted molar refractivity (Wildman–Crippen MR) is 92.7 cm³/mol. The van der Waals surface area contributed by atoms with E-state index in [0.29, 0.717) is 5.71 Å². The Morgan fingerprint density at radius 2 is 2.11 bits per heavy atom. The first-order valence-corrected chi connectivity index (χ1v) is 8.45. The van der Waals surface area contributed by atoms with Crippen LogP contribution in [0.25, 0.3) is 0 Å². The molecule has 0 spiro atoms. The Bertz CT molecular complexity index is 358. The fourth-order valence-electron chi connectivity index (χ4n) is 2.55. The molecule has 1 aliphatic rings. The monoisotopic (exact) mass is 374 g/mol. The van der Waals surface area contributed by atoms with Crippen LogP contribution < -0.4 is 5.73 Å². The fraction of sp³-hybridized carbons (Fsp3) is 0.688. The molecule has 3 heteroatoms. The Morgan fingerprint density at radius 1 is 1.37 bits per heavy atom. The van der Waals surface area contributed by atoms with Gasteiger partial charge in [0.15, 0.2) is 0 Å². The Labute approximate surface area is 131 Å².